The molecule has 0 bridgehead atoms. The lowest BCUT2D eigenvalue weighted by atomic mass is 10.1. The van der Waals surface area contributed by atoms with Crippen LogP contribution in [0.2, 0.25) is 5.02 Å². The topological polar surface area (TPSA) is 59.8 Å². The summed E-state index contributed by atoms with van der Waals surface area (Å²) in [7, 11) is 1.91. The standard InChI is InChI=1S/C19H19ClN4OS/c1-13-5-3-4-6-16(13)18-22-23-19(24(18)2)26-12-17(25)21-11-14-7-9-15(20)10-8-14/h3-10H,11-12H2,1-2H3,(H,21,25). The highest BCUT2D eigenvalue weighted by Gasteiger charge is 2.14. The summed E-state index contributed by atoms with van der Waals surface area (Å²) in [5.41, 5.74) is 3.19. The largest absolute Gasteiger partial charge is 0.351 e. The number of rotatable bonds is 6. The van der Waals surface area contributed by atoms with Crippen LogP contribution in [0.3, 0.4) is 0 Å². The molecular formula is C19H19ClN4OS. The van der Waals surface area contributed by atoms with Gasteiger partial charge >= 0.3 is 0 Å². The summed E-state index contributed by atoms with van der Waals surface area (Å²) in [6.07, 6.45) is 0. The molecule has 0 saturated carbocycles. The van der Waals surface area contributed by atoms with E-state index in [0.717, 1.165) is 22.5 Å². The van der Waals surface area contributed by atoms with Gasteiger partial charge in [0.1, 0.15) is 0 Å². The maximum atomic E-state index is 12.1. The summed E-state index contributed by atoms with van der Waals surface area (Å²) >= 11 is 7.23. The van der Waals surface area contributed by atoms with Crippen LogP contribution in [-0.4, -0.2) is 26.4 Å². The van der Waals surface area contributed by atoms with Gasteiger partial charge in [-0.25, -0.2) is 0 Å². The molecule has 3 rings (SSSR count). The first-order chi connectivity index (χ1) is 12.5. The normalized spacial score (nSPS) is 10.7. The van der Waals surface area contributed by atoms with Gasteiger partial charge in [0.25, 0.3) is 0 Å². The molecule has 7 heteroatoms. The van der Waals surface area contributed by atoms with Gasteiger partial charge in [0.15, 0.2) is 11.0 Å². The van der Waals surface area contributed by atoms with Gasteiger partial charge in [-0.05, 0) is 30.2 Å². The zero-order valence-corrected chi connectivity index (χ0v) is 16.1. The van der Waals surface area contributed by atoms with Gasteiger partial charge in [0.2, 0.25) is 5.91 Å². The first-order valence-electron chi connectivity index (χ1n) is 8.14. The molecule has 0 aliphatic heterocycles. The van der Waals surface area contributed by atoms with Gasteiger partial charge in [0.05, 0.1) is 5.75 Å². The molecule has 1 aromatic heterocycles. The molecule has 0 saturated heterocycles. The smallest absolute Gasteiger partial charge is 0.230 e. The van der Waals surface area contributed by atoms with Crippen molar-refractivity contribution in [2.24, 2.45) is 7.05 Å². The predicted octanol–water partition coefficient (Wildman–Crippen LogP) is 3.85. The maximum Gasteiger partial charge on any atom is 0.230 e. The summed E-state index contributed by atoms with van der Waals surface area (Å²) in [6.45, 7) is 2.52. The van der Waals surface area contributed by atoms with Crippen LogP contribution in [0, 0.1) is 6.92 Å². The number of carbonyl (C=O) groups excluding carboxylic acids is 1. The number of halogens is 1. The molecular weight excluding hydrogens is 368 g/mol. The summed E-state index contributed by atoms with van der Waals surface area (Å²) in [5.74, 6) is 1.03. The molecule has 0 unspecified atom stereocenters. The van der Waals surface area contributed by atoms with Crippen molar-refractivity contribution in [2.45, 2.75) is 18.6 Å². The van der Waals surface area contributed by atoms with E-state index in [0.29, 0.717) is 16.7 Å². The number of nitrogens with one attached hydrogen (secondary N) is 1. The van der Waals surface area contributed by atoms with Crippen LogP contribution < -0.4 is 5.32 Å². The third-order valence-electron chi connectivity index (χ3n) is 3.96. The maximum absolute atomic E-state index is 12.1. The van der Waals surface area contributed by atoms with Gasteiger partial charge in [-0.2, -0.15) is 0 Å². The Hall–Kier alpha value is -2.31. The minimum atomic E-state index is -0.0506. The van der Waals surface area contributed by atoms with Gasteiger partial charge in [0, 0.05) is 24.2 Å². The number of thioether (sulfide) groups is 1. The predicted molar refractivity (Wildman–Crippen MR) is 105 cm³/mol. The van der Waals surface area contributed by atoms with Crippen molar-refractivity contribution in [3.05, 3.63) is 64.7 Å². The Morgan fingerprint density at radius 1 is 1.15 bits per heavy atom. The monoisotopic (exact) mass is 386 g/mol. The molecule has 1 heterocycles. The molecule has 26 heavy (non-hydrogen) atoms. The van der Waals surface area contributed by atoms with E-state index in [-0.39, 0.29) is 11.7 Å². The molecule has 0 atom stereocenters. The molecule has 5 nitrogen and oxygen atoms in total. The van der Waals surface area contributed by atoms with Crippen LogP contribution in [0.25, 0.3) is 11.4 Å². The molecule has 0 spiro atoms. The van der Waals surface area contributed by atoms with Gasteiger partial charge < -0.3 is 9.88 Å². The fraction of sp³-hybridized carbons (Fsp3) is 0.211. The van der Waals surface area contributed by atoms with E-state index < -0.39 is 0 Å². The number of hydrogen-bond donors (Lipinski definition) is 1. The third kappa shape index (κ3) is 4.45. The van der Waals surface area contributed by atoms with E-state index in [2.05, 4.69) is 15.5 Å². The number of nitrogens with zero attached hydrogens (tertiary/aromatic N) is 3. The Morgan fingerprint density at radius 2 is 1.88 bits per heavy atom. The Morgan fingerprint density at radius 3 is 2.62 bits per heavy atom. The number of carbonyl (C=O) groups is 1. The quantitative estimate of drug-likeness (QED) is 0.653. The lowest BCUT2D eigenvalue weighted by Crippen LogP contribution is -2.24. The van der Waals surface area contributed by atoms with Gasteiger partial charge in [-0.15, -0.1) is 10.2 Å². The molecule has 134 valence electrons. The highest BCUT2D eigenvalue weighted by atomic mass is 35.5. The number of aromatic nitrogens is 3. The highest BCUT2D eigenvalue weighted by molar-refractivity contribution is 7.99. The van der Waals surface area contributed by atoms with Crippen LogP contribution >= 0.6 is 23.4 Å². The average molecular weight is 387 g/mol. The molecule has 0 fully saturated rings. The number of benzene rings is 2. The summed E-state index contributed by atoms with van der Waals surface area (Å²) in [4.78, 5) is 12.1. The Balaban J connectivity index is 1.57. The average Bonchev–Trinajstić information content (AvgIpc) is 3.00. The Kier molecular flexibility index (Phi) is 5.96. The number of amides is 1. The molecule has 0 aliphatic carbocycles. The van der Waals surface area contributed by atoms with E-state index in [1.807, 2.05) is 67.1 Å². The zero-order valence-electron chi connectivity index (χ0n) is 14.6. The van der Waals surface area contributed by atoms with E-state index in [9.17, 15) is 4.79 Å². The van der Waals surface area contributed by atoms with Crippen molar-refractivity contribution in [3.8, 4) is 11.4 Å². The first-order valence-corrected chi connectivity index (χ1v) is 9.50. The van der Waals surface area contributed by atoms with Gasteiger partial charge in [-0.1, -0.05) is 59.8 Å². The van der Waals surface area contributed by atoms with Crippen molar-refractivity contribution < 1.29 is 4.79 Å². The van der Waals surface area contributed by atoms with Crippen LogP contribution in [0.15, 0.2) is 53.7 Å². The van der Waals surface area contributed by atoms with Crippen molar-refractivity contribution >= 4 is 29.3 Å². The fourth-order valence-electron chi connectivity index (χ4n) is 2.48. The van der Waals surface area contributed by atoms with E-state index in [1.54, 1.807) is 0 Å². The summed E-state index contributed by atoms with van der Waals surface area (Å²) in [5, 5.41) is 12.8. The molecule has 0 radical (unpaired) electrons. The van der Waals surface area contributed by atoms with E-state index in [4.69, 9.17) is 11.6 Å². The molecule has 0 aliphatic rings. The third-order valence-corrected chi connectivity index (χ3v) is 5.23. The SMILES string of the molecule is Cc1ccccc1-c1nnc(SCC(=O)NCc2ccc(Cl)cc2)n1C. The van der Waals surface area contributed by atoms with E-state index in [1.165, 1.54) is 11.8 Å². The second-order valence-corrected chi connectivity index (χ2v) is 7.25. The molecule has 2 aromatic carbocycles. The fourth-order valence-corrected chi connectivity index (χ4v) is 3.35. The summed E-state index contributed by atoms with van der Waals surface area (Å²) < 4.78 is 1.92. The van der Waals surface area contributed by atoms with Crippen LogP contribution in [-0.2, 0) is 18.4 Å². The van der Waals surface area contributed by atoms with Gasteiger partial charge in [-0.3, -0.25) is 4.79 Å². The molecule has 3 aromatic rings. The van der Waals surface area contributed by atoms with Crippen molar-refractivity contribution in [1.82, 2.24) is 20.1 Å². The minimum Gasteiger partial charge on any atom is -0.351 e. The van der Waals surface area contributed by atoms with Crippen LogP contribution in [0.1, 0.15) is 11.1 Å². The first kappa shape index (κ1) is 18.5. The number of aryl methyl sites for hydroxylation is 1. The molecule has 1 amide bonds. The minimum absolute atomic E-state index is 0.0506. The van der Waals surface area contributed by atoms with Crippen molar-refractivity contribution in [3.63, 3.8) is 0 Å². The van der Waals surface area contributed by atoms with Crippen molar-refractivity contribution in [2.75, 3.05) is 5.75 Å². The Labute approximate surface area is 161 Å². The van der Waals surface area contributed by atoms with Crippen molar-refractivity contribution in [1.29, 1.82) is 0 Å². The highest BCUT2D eigenvalue weighted by Crippen LogP contribution is 2.24. The zero-order chi connectivity index (χ0) is 18.5. The second-order valence-electron chi connectivity index (χ2n) is 5.87. The second kappa shape index (κ2) is 8.38. The van der Waals surface area contributed by atoms with Crippen LogP contribution in [0.5, 0.6) is 0 Å². The Bertz CT molecular complexity index is 908. The number of hydrogen-bond acceptors (Lipinski definition) is 4. The van der Waals surface area contributed by atoms with Crippen LogP contribution in [0.4, 0.5) is 0 Å². The lowest BCUT2D eigenvalue weighted by Gasteiger charge is -2.07. The lowest BCUT2D eigenvalue weighted by molar-refractivity contribution is -0.118. The van der Waals surface area contributed by atoms with E-state index >= 15 is 0 Å². The molecule has 1 N–H and O–H groups in total. The summed E-state index contributed by atoms with van der Waals surface area (Å²) in [6, 6.07) is 15.5.